The minimum Gasteiger partial charge on any atom is -0.382 e. The van der Waals surface area contributed by atoms with Gasteiger partial charge in [-0.15, -0.1) is 0 Å². The summed E-state index contributed by atoms with van der Waals surface area (Å²) in [6.45, 7) is 3.46. The van der Waals surface area contributed by atoms with Crippen LogP contribution in [0.5, 0.6) is 0 Å². The summed E-state index contributed by atoms with van der Waals surface area (Å²) in [4.78, 5) is 40.8. The Morgan fingerprint density at radius 3 is 2.45 bits per heavy atom. The standard InChI is InChI=1S/C32H34FN9O2/c1-20(23-9-11-25(33)12-10-23)40-31(43)26-15-22(16-34)18-39-30(26)38-17-21-5-7-24(8-6-21)27-19-37-29(35)28(41-27)32(44)36-13-4-14-42(2)3/h5-12,15,18-20H,4,13-14,17H2,1-3H3,(H2,35,37)(H,36,44)(H,38,39)(H,40,43)/t20-/m0/s1. The lowest BCUT2D eigenvalue weighted by molar-refractivity contribution is 0.0935. The van der Waals surface area contributed by atoms with Gasteiger partial charge in [0.05, 0.1) is 29.1 Å². The monoisotopic (exact) mass is 595 g/mol. The molecule has 5 N–H and O–H groups in total. The first kappa shape index (κ1) is 31.5. The van der Waals surface area contributed by atoms with E-state index in [-0.39, 0.29) is 34.4 Å². The maximum Gasteiger partial charge on any atom is 0.273 e. The van der Waals surface area contributed by atoms with Gasteiger partial charge in [-0.1, -0.05) is 36.4 Å². The Balaban J connectivity index is 1.43. The van der Waals surface area contributed by atoms with Crippen molar-refractivity contribution in [2.45, 2.75) is 25.9 Å². The van der Waals surface area contributed by atoms with E-state index in [0.717, 1.165) is 29.7 Å². The van der Waals surface area contributed by atoms with Crippen LogP contribution >= 0.6 is 0 Å². The number of hydrogen-bond acceptors (Lipinski definition) is 9. The van der Waals surface area contributed by atoms with Gasteiger partial charge in [0, 0.05) is 24.8 Å². The van der Waals surface area contributed by atoms with Gasteiger partial charge in [-0.05, 0) is 63.3 Å². The molecule has 0 radical (unpaired) electrons. The average Bonchev–Trinajstić information content (AvgIpc) is 3.02. The van der Waals surface area contributed by atoms with Gasteiger partial charge < -0.3 is 26.6 Å². The van der Waals surface area contributed by atoms with Gasteiger partial charge in [0.2, 0.25) is 0 Å². The van der Waals surface area contributed by atoms with Crippen molar-refractivity contribution in [3.63, 3.8) is 0 Å². The number of amides is 2. The van der Waals surface area contributed by atoms with Crippen LogP contribution in [0.15, 0.2) is 67.0 Å². The molecule has 12 heteroatoms. The molecule has 0 bridgehead atoms. The number of nitrogen functional groups attached to an aromatic ring is 1. The van der Waals surface area contributed by atoms with Crippen LogP contribution in [-0.4, -0.2) is 58.9 Å². The van der Waals surface area contributed by atoms with E-state index in [1.165, 1.54) is 30.6 Å². The molecule has 2 amide bonds. The number of nitrogens with one attached hydrogen (secondary N) is 3. The minimum atomic E-state index is -0.427. The highest BCUT2D eigenvalue weighted by Gasteiger charge is 2.18. The number of pyridine rings is 1. The molecular formula is C32H34FN9O2. The molecule has 2 aromatic heterocycles. The second-order valence-corrected chi connectivity index (χ2v) is 10.4. The molecule has 226 valence electrons. The second kappa shape index (κ2) is 14.7. The van der Waals surface area contributed by atoms with E-state index >= 15 is 0 Å². The van der Waals surface area contributed by atoms with Crippen LogP contribution in [0.1, 0.15) is 56.9 Å². The van der Waals surface area contributed by atoms with Crippen LogP contribution in [-0.2, 0) is 6.54 Å². The van der Waals surface area contributed by atoms with Gasteiger partial charge in [0.1, 0.15) is 17.7 Å². The molecule has 0 aliphatic heterocycles. The predicted molar refractivity (Wildman–Crippen MR) is 166 cm³/mol. The van der Waals surface area contributed by atoms with Crippen molar-refractivity contribution in [1.82, 2.24) is 30.5 Å². The number of aromatic nitrogens is 3. The molecule has 0 aliphatic rings. The number of rotatable bonds is 12. The summed E-state index contributed by atoms with van der Waals surface area (Å²) in [7, 11) is 3.94. The molecule has 2 heterocycles. The Morgan fingerprint density at radius 1 is 1.05 bits per heavy atom. The zero-order valence-electron chi connectivity index (χ0n) is 24.8. The summed E-state index contributed by atoms with van der Waals surface area (Å²) in [6, 6.07) is 16.4. The van der Waals surface area contributed by atoms with Crippen LogP contribution in [0.25, 0.3) is 11.3 Å². The van der Waals surface area contributed by atoms with Crippen molar-refractivity contribution in [2.75, 3.05) is 38.2 Å². The number of halogens is 1. The SMILES string of the molecule is C[C@H](NC(=O)c1cc(C#N)cnc1NCc1ccc(-c2cnc(N)c(C(=O)NCCCN(C)C)n2)cc1)c1ccc(F)cc1. The summed E-state index contributed by atoms with van der Waals surface area (Å²) in [5, 5.41) is 18.2. The highest BCUT2D eigenvalue weighted by Crippen LogP contribution is 2.22. The first-order valence-corrected chi connectivity index (χ1v) is 14.0. The van der Waals surface area contributed by atoms with Gasteiger partial charge in [0.25, 0.3) is 11.8 Å². The highest BCUT2D eigenvalue weighted by molar-refractivity contribution is 5.99. The molecule has 1 atom stereocenters. The number of benzene rings is 2. The smallest absolute Gasteiger partial charge is 0.273 e. The van der Waals surface area contributed by atoms with Gasteiger partial charge in [-0.2, -0.15) is 5.26 Å². The zero-order valence-corrected chi connectivity index (χ0v) is 24.8. The molecule has 44 heavy (non-hydrogen) atoms. The number of nitrogens with two attached hydrogens (primary N) is 1. The third kappa shape index (κ3) is 8.33. The Kier molecular flexibility index (Phi) is 10.5. The minimum absolute atomic E-state index is 0.0569. The molecule has 0 fully saturated rings. The summed E-state index contributed by atoms with van der Waals surface area (Å²) >= 11 is 0. The number of carbonyl (C=O) groups excluding carboxylic acids is 2. The van der Waals surface area contributed by atoms with Crippen molar-refractivity contribution >= 4 is 23.5 Å². The normalized spacial score (nSPS) is 11.5. The van der Waals surface area contributed by atoms with Crippen LogP contribution in [0.4, 0.5) is 16.0 Å². The van der Waals surface area contributed by atoms with Gasteiger partial charge in [-0.3, -0.25) is 9.59 Å². The molecule has 0 saturated heterocycles. The third-order valence-electron chi connectivity index (χ3n) is 6.77. The summed E-state index contributed by atoms with van der Waals surface area (Å²) in [5.41, 5.74) is 9.32. The van der Waals surface area contributed by atoms with Crippen molar-refractivity contribution in [3.8, 4) is 17.3 Å². The van der Waals surface area contributed by atoms with Crippen molar-refractivity contribution in [2.24, 2.45) is 0 Å². The fourth-order valence-electron chi connectivity index (χ4n) is 4.31. The van der Waals surface area contributed by atoms with E-state index in [4.69, 9.17) is 5.73 Å². The largest absolute Gasteiger partial charge is 0.382 e. The highest BCUT2D eigenvalue weighted by atomic mass is 19.1. The molecule has 0 saturated carbocycles. The molecular weight excluding hydrogens is 561 g/mol. The Labute approximate surface area is 255 Å². The average molecular weight is 596 g/mol. The van der Waals surface area contributed by atoms with E-state index in [1.54, 1.807) is 19.1 Å². The predicted octanol–water partition coefficient (Wildman–Crippen LogP) is 3.92. The van der Waals surface area contributed by atoms with E-state index < -0.39 is 11.9 Å². The number of anilines is 2. The van der Waals surface area contributed by atoms with E-state index in [0.29, 0.717) is 24.6 Å². The molecule has 0 spiro atoms. The topological polar surface area (TPSA) is 162 Å². The number of carbonyl (C=O) groups is 2. The Hall–Kier alpha value is -5.41. The van der Waals surface area contributed by atoms with Crippen LogP contribution < -0.4 is 21.7 Å². The Bertz CT molecular complexity index is 1650. The fraction of sp³-hybridized carbons (Fsp3) is 0.250. The summed E-state index contributed by atoms with van der Waals surface area (Å²) in [6.07, 6.45) is 3.70. The fourth-order valence-corrected chi connectivity index (χ4v) is 4.31. The summed E-state index contributed by atoms with van der Waals surface area (Å²) in [5.74, 6) is -0.802. The number of nitriles is 1. The van der Waals surface area contributed by atoms with E-state index in [1.807, 2.05) is 49.3 Å². The van der Waals surface area contributed by atoms with Gasteiger partial charge >= 0.3 is 0 Å². The van der Waals surface area contributed by atoms with Crippen LogP contribution in [0.3, 0.4) is 0 Å². The lowest BCUT2D eigenvalue weighted by Crippen LogP contribution is -2.28. The molecule has 4 rings (SSSR count). The molecule has 4 aromatic rings. The molecule has 0 aliphatic carbocycles. The van der Waals surface area contributed by atoms with Crippen LogP contribution in [0, 0.1) is 17.1 Å². The third-order valence-corrected chi connectivity index (χ3v) is 6.77. The lowest BCUT2D eigenvalue weighted by Gasteiger charge is -2.16. The van der Waals surface area contributed by atoms with Crippen molar-refractivity contribution in [1.29, 1.82) is 5.26 Å². The van der Waals surface area contributed by atoms with Gasteiger partial charge in [0.15, 0.2) is 11.5 Å². The van der Waals surface area contributed by atoms with E-state index in [9.17, 15) is 19.2 Å². The van der Waals surface area contributed by atoms with Crippen molar-refractivity contribution < 1.29 is 14.0 Å². The second-order valence-electron chi connectivity index (χ2n) is 10.4. The van der Waals surface area contributed by atoms with Crippen molar-refractivity contribution in [3.05, 3.63) is 101 Å². The lowest BCUT2D eigenvalue weighted by atomic mass is 10.1. The number of hydrogen-bond donors (Lipinski definition) is 4. The molecule has 11 nitrogen and oxygen atoms in total. The summed E-state index contributed by atoms with van der Waals surface area (Å²) < 4.78 is 13.3. The maximum atomic E-state index is 13.3. The zero-order chi connectivity index (χ0) is 31.6. The number of nitrogens with zero attached hydrogens (tertiary/aromatic N) is 5. The van der Waals surface area contributed by atoms with E-state index in [2.05, 4.69) is 30.9 Å². The van der Waals surface area contributed by atoms with Gasteiger partial charge in [-0.25, -0.2) is 19.3 Å². The quantitative estimate of drug-likeness (QED) is 0.178. The molecule has 2 aromatic carbocycles. The molecule has 0 unspecified atom stereocenters. The maximum absolute atomic E-state index is 13.3. The first-order chi connectivity index (χ1) is 21.1. The Morgan fingerprint density at radius 2 is 1.77 bits per heavy atom. The van der Waals surface area contributed by atoms with Crippen LogP contribution in [0.2, 0.25) is 0 Å². The first-order valence-electron chi connectivity index (χ1n) is 14.0.